The van der Waals surface area contributed by atoms with E-state index in [9.17, 15) is 44.3 Å². The molecule has 16 heteroatoms. The first-order chi connectivity index (χ1) is 21.0. The molecule has 0 fully saturated rings. The molecule has 1 aromatic heterocycles. The van der Waals surface area contributed by atoms with Gasteiger partial charge < -0.3 is 19.7 Å². The summed E-state index contributed by atoms with van der Waals surface area (Å²) in [6.45, 7) is 2.89. The van der Waals surface area contributed by atoms with Crippen molar-refractivity contribution in [2.45, 2.75) is 58.3 Å². The number of alkyl halides is 9. The highest BCUT2D eigenvalue weighted by molar-refractivity contribution is 5.69. The van der Waals surface area contributed by atoms with Crippen molar-refractivity contribution < 1.29 is 53.8 Å². The highest BCUT2D eigenvalue weighted by Crippen LogP contribution is 2.37. The maximum absolute atomic E-state index is 13.5. The largest absolute Gasteiger partial charge is 0.490 e. The Morgan fingerprint density at radius 3 is 1.96 bits per heavy atom. The molecule has 0 saturated carbocycles. The molecule has 0 amide bonds. The van der Waals surface area contributed by atoms with Crippen LogP contribution in [-0.4, -0.2) is 35.7 Å². The van der Waals surface area contributed by atoms with Crippen molar-refractivity contribution in [3.05, 3.63) is 76.6 Å². The Labute approximate surface area is 252 Å². The van der Waals surface area contributed by atoms with Crippen LogP contribution in [0.5, 0.6) is 5.75 Å². The molecule has 0 aliphatic carbocycles. The summed E-state index contributed by atoms with van der Waals surface area (Å²) in [5.74, 6) is -0.494. The summed E-state index contributed by atoms with van der Waals surface area (Å²) in [5.41, 5.74) is -4.24. The molecule has 3 rings (SSSR count). The Morgan fingerprint density at radius 1 is 0.822 bits per heavy atom. The van der Waals surface area contributed by atoms with E-state index in [1.54, 1.807) is 13.8 Å². The fraction of sp³-hybridized carbons (Fsp3) is 0.414. The molecular formula is C29H29F9N4O3. The van der Waals surface area contributed by atoms with E-state index in [-0.39, 0.29) is 48.6 Å². The predicted octanol–water partition coefficient (Wildman–Crippen LogP) is 7.89. The van der Waals surface area contributed by atoms with E-state index in [0.717, 1.165) is 17.0 Å². The third kappa shape index (κ3) is 10.4. The number of esters is 1. The van der Waals surface area contributed by atoms with Crippen LogP contribution in [0.2, 0.25) is 0 Å². The summed E-state index contributed by atoms with van der Waals surface area (Å²) in [7, 11) is 0. The second-order valence-electron chi connectivity index (χ2n) is 9.65. The number of hydrogen-bond acceptors (Lipinski definition) is 7. The van der Waals surface area contributed by atoms with Gasteiger partial charge in [-0.15, -0.1) is 0 Å². The average molecular weight is 653 g/mol. The van der Waals surface area contributed by atoms with E-state index >= 15 is 0 Å². The Bertz CT molecular complexity index is 1390. The number of ether oxygens (including phenoxy) is 2. The van der Waals surface area contributed by atoms with E-state index in [4.69, 9.17) is 9.47 Å². The maximum Gasteiger partial charge on any atom is 0.416 e. The van der Waals surface area contributed by atoms with Gasteiger partial charge in [-0.05, 0) is 67.8 Å². The normalized spacial score (nSPS) is 12.2. The molecule has 0 radical (unpaired) electrons. The molecule has 3 aromatic rings. The summed E-state index contributed by atoms with van der Waals surface area (Å²) < 4.78 is 132. The van der Waals surface area contributed by atoms with Crippen LogP contribution in [0.1, 0.15) is 54.5 Å². The lowest BCUT2D eigenvalue weighted by Gasteiger charge is -2.26. The molecule has 45 heavy (non-hydrogen) atoms. The number of nitrogens with one attached hydrogen (secondary N) is 1. The molecule has 0 unspecified atom stereocenters. The van der Waals surface area contributed by atoms with Crippen LogP contribution in [0.25, 0.3) is 0 Å². The van der Waals surface area contributed by atoms with Crippen molar-refractivity contribution in [1.29, 1.82) is 0 Å². The maximum atomic E-state index is 13.5. The molecule has 0 atom stereocenters. The van der Waals surface area contributed by atoms with Crippen LogP contribution >= 0.6 is 0 Å². The fourth-order valence-corrected chi connectivity index (χ4v) is 4.18. The van der Waals surface area contributed by atoms with E-state index in [0.29, 0.717) is 25.1 Å². The van der Waals surface area contributed by atoms with Gasteiger partial charge in [0.05, 0.1) is 42.3 Å². The zero-order valence-electron chi connectivity index (χ0n) is 24.0. The summed E-state index contributed by atoms with van der Waals surface area (Å²) in [6, 6.07) is 3.90. The monoisotopic (exact) mass is 652 g/mol. The van der Waals surface area contributed by atoms with Crippen LogP contribution in [0.4, 0.5) is 51.1 Å². The van der Waals surface area contributed by atoms with Crippen LogP contribution < -0.4 is 15.0 Å². The Hall–Kier alpha value is -4.24. The summed E-state index contributed by atoms with van der Waals surface area (Å²) in [4.78, 5) is 20.8. The number of nitrogens with zero attached hydrogens (tertiary/aromatic N) is 3. The highest BCUT2D eigenvalue weighted by atomic mass is 19.4. The zero-order valence-corrected chi connectivity index (χ0v) is 24.0. The van der Waals surface area contributed by atoms with Crippen molar-refractivity contribution in [3.8, 4) is 5.75 Å². The van der Waals surface area contributed by atoms with E-state index in [1.165, 1.54) is 18.5 Å². The van der Waals surface area contributed by atoms with Gasteiger partial charge in [-0.2, -0.15) is 39.5 Å². The SMILES string of the molecule is CCNc1ccc(C(F)(F)F)cc1CN(Cc1cc(C(F)(F)F)cc(C(F)(F)F)c1)c1ncc(OCCCC(=O)OCC)cn1. The van der Waals surface area contributed by atoms with Gasteiger partial charge in [0.2, 0.25) is 5.95 Å². The van der Waals surface area contributed by atoms with Crippen molar-refractivity contribution >= 4 is 17.6 Å². The van der Waals surface area contributed by atoms with Crippen LogP contribution in [0.15, 0.2) is 48.8 Å². The van der Waals surface area contributed by atoms with Crippen LogP contribution in [0.3, 0.4) is 0 Å². The molecule has 0 bridgehead atoms. The van der Waals surface area contributed by atoms with Crippen molar-refractivity contribution in [2.75, 3.05) is 30.0 Å². The Kier molecular flexibility index (Phi) is 11.5. The second-order valence-corrected chi connectivity index (χ2v) is 9.65. The van der Waals surface area contributed by atoms with Gasteiger partial charge in [0.1, 0.15) is 0 Å². The molecule has 7 nitrogen and oxygen atoms in total. The number of carbonyl (C=O) groups is 1. The lowest BCUT2D eigenvalue weighted by atomic mass is 10.0. The number of rotatable bonds is 13. The minimum atomic E-state index is -5.11. The Morgan fingerprint density at radius 2 is 1.42 bits per heavy atom. The van der Waals surface area contributed by atoms with Gasteiger partial charge >= 0.3 is 24.5 Å². The molecule has 0 aliphatic rings. The number of benzene rings is 2. The smallest absolute Gasteiger partial charge is 0.416 e. The lowest BCUT2D eigenvalue weighted by Crippen LogP contribution is -2.26. The predicted molar refractivity (Wildman–Crippen MR) is 145 cm³/mol. The lowest BCUT2D eigenvalue weighted by molar-refractivity contribution is -0.144. The minimum absolute atomic E-state index is 0.0193. The molecule has 0 spiro atoms. The third-order valence-corrected chi connectivity index (χ3v) is 6.18. The average Bonchev–Trinajstić information content (AvgIpc) is 2.95. The first-order valence-electron chi connectivity index (χ1n) is 13.6. The summed E-state index contributed by atoms with van der Waals surface area (Å²) in [5, 5.41) is 2.90. The molecule has 0 aliphatic heterocycles. The Balaban J connectivity index is 2.00. The molecule has 1 heterocycles. The summed E-state index contributed by atoms with van der Waals surface area (Å²) in [6.07, 6.45) is -12.2. The number of carbonyl (C=O) groups excluding carboxylic acids is 1. The summed E-state index contributed by atoms with van der Waals surface area (Å²) >= 11 is 0. The van der Waals surface area contributed by atoms with Gasteiger partial charge in [-0.3, -0.25) is 4.79 Å². The second kappa shape index (κ2) is 14.7. The minimum Gasteiger partial charge on any atom is -0.490 e. The van der Waals surface area contributed by atoms with E-state index in [1.807, 2.05) is 0 Å². The first kappa shape index (κ1) is 35.2. The van der Waals surface area contributed by atoms with E-state index < -0.39 is 59.8 Å². The van der Waals surface area contributed by atoms with Gasteiger partial charge in [-0.25, -0.2) is 9.97 Å². The van der Waals surface area contributed by atoms with Crippen molar-refractivity contribution in [3.63, 3.8) is 0 Å². The van der Waals surface area contributed by atoms with Gasteiger partial charge in [0.15, 0.2) is 5.75 Å². The molecule has 0 saturated heterocycles. The van der Waals surface area contributed by atoms with Crippen LogP contribution in [0, 0.1) is 0 Å². The molecule has 246 valence electrons. The standard InChI is InChI=1S/C29H29F9N4O3/c1-3-39-24-8-7-20(27(30,31)32)12-19(24)17-42(16-18-10-21(28(33,34)35)13-22(11-18)29(36,37)38)26-40-14-23(15-41-26)45-9-5-6-25(43)44-4-2/h7-8,10-15,39H,3-6,9,16-17H2,1-2H3. The number of anilines is 2. The van der Waals surface area contributed by atoms with Gasteiger partial charge in [-0.1, -0.05) is 0 Å². The van der Waals surface area contributed by atoms with E-state index in [2.05, 4.69) is 15.3 Å². The van der Waals surface area contributed by atoms with Crippen molar-refractivity contribution in [2.24, 2.45) is 0 Å². The van der Waals surface area contributed by atoms with Gasteiger partial charge in [0, 0.05) is 31.7 Å². The number of hydrogen-bond donors (Lipinski definition) is 1. The topological polar surface area (TPSA) is 76.6 Å². The zero-order chi connectivity index (χ0) is 33.4. The first-order valence-corrected chi connectivity index (χ1v) is 13.6. The molecular weight excluding hydrogens is 623 g/mol. The van der Waals surface area contributed by atoms with Gasteiger partial charge in [0.25, 0.3) is 0 Å². The highest BCUT2D eigenvalue weighted by Gasteiger charge is 2.37. The molecule has 1 N–H and O–H groups in total. The quantitative estimate of drug-likeness (QED) is 0.114. The molecule has 2 aromatic carbocycles. The fourth-order valence-electron chi connectivity index (χ4n) is 4.18. The van der Waals surface area contributed by atoms with Crippen LogP contribution in [-0.2, 0) is 41.1 Å². The number of aromatic nitrogens is 2. The number of halogens is 9. The van der Waals surface area contributed by atoms with Crippen molar-refractivity contribution in [1.82, 2.24) is 9.97 Å². The third-order valence-electron chi connectivity index (χ3n) is 6.18.